The Balaban J connectivity index is 2.06. The predicted molar refractivity (Wildman–Crippen MR) is 75.3 cm³/mol. The zero-order valence-corrected chi connectivity index (χ0v) is 10.8. The highest BCUT2D eigenvalue weighted by Gasteiger charge is 1.99. The van der Waals surface area contributed by atoms with Crippen LogP contribution in [0, 0.1) is 6.92 Å². The number of hydrogen-bond acceptors (Lipinski definition) is 4. The molecule has 0 aliphatic carbocycles. The lowest BCUT2D eigenvalue weighted by atomic mass is 10.2. The first kappa shape index (κ1) is 12.4. The lowest BCUT2D eigenvalue weighted by molar-refractivity contribution is 0.966. The average molecular weight is 242 g/mol. The van der Waals surface area contributed by atoms with Gasteiger partial charge in [0, 0.05) is 18.4 Å². The first-order valence-electron chi connectivity index (χ1n) is 6.18. The highest BCUT2D eigenvalue weighted by Crippen LogP contribution is 2.14. The second-order valence-electron chi connectivity index (χ2n) is 4.18. The molecule has 0 aliphatic heterocycles. The van der Waals surface area contributed by atoms with Crippen molar-refractivity contribution in [2.24, 2.45) is 0 Å². The van der Waals surface area contributed by atoms with Crippen LogP contribution in [0.25, 0.3) is 0 Å². The van der Waals surface area contributed by atoms with E-state index in [1.165, 1.54) is 5.56 Å². The number of nitrogens with one attached hydrogen (secondary N) is 2. The van der Waals surface area contributed by atoms with E-state index in [0.29, 0.717) is 5.95 Å². The summed E-state index contributed by atoms with van der Waals surface area (Å²) in [6, 6.07) is 10.0. The molecule has 4 heteroatoms. The Labute approximate surface area is 107 Å². The molecule has 1 aromatic heterocycles. The van der Waals surface area contributed by atoms with Gasteiger partial charge >= 0.3 is 0 Å². The van der Waals surface area contributed by atoms with Crippen LogP contribution >= 0.6 is 0 Å². The maximum Gasteiger partial charge on any atom is 0.229 e. The molecule has 0 spiro atoms. The van der Waals surface area contributed by atoms with Gasteiger partial charge in [-0.05, 0) is 31.5 Å². The van der Waals surface area contributed by atoms with Gasteiger partial charge in [-0.3, -0.25) is 0 Å². The van der Waals surface area contributed by atoms with Crippen molar-refractivity contribution < 1.29 is 0 Å². The quantitative estimate of drug-likeness (QED) is 0.844. The van der Waals surface area contributed by atoms with E-state index in [1.54, 1.807) is 6.20 Å². The zero-order chi connectivity index (χ0) is 12.8. The Kier molecular flexibility index (Phi) is 4.12. The third-order valence-corrected chi connectivity index (χ3v) is 2.52. The first-order valence-corrected chi connectivity index (χ1v) is 6.18. The van der Waals surface area contributed by atoms with Gasteiger partial charge in [-0.2, -0.15) is 4.98 Å². The molecule has 0 aliphatic rings. The molecule has 0 amide bonds. The third-order valence-electron chi connectivity index (χ3n) is 2.52. The van der Waals surface area contributed by atoms with E-state index >= 15 is 0 Å². The lowest BCUT2D eigenvalue weighted by Gasteiger charge is -2.07. The Morgan fingerprint density at radius 2 is 1.89 bits per heavy atom. The molecule has 0 bridgehead atoms. The average Bonchev–Trinajstić information content (AvgIpc) is 2.40. The molecule has 94 valence electrons. The maximum atomic E-state index is 4.39. The largest absolute Gasteiger partial charge is 0.370 e. The van der Waals surface area contributed by atoms with Crippen molar-refractivity contribution in [3.05, 3.63) is 42.1 Å². The van der Waals surface area contributed by atoms with Gasteiger partial charge in [0.05, 0.1) is 0 Å². The van der Waals surface area contributed by atoms with E-state index in [9.17, 15) is 0 Å². The normalized spacial score (nSPS) is 10.1. The number of rotatable bonds is 5. The van der Waals surface area contributed by atoms with Gasteiger partial charge in [0.25, 0.3) is 0 Å². The minimum absolute atomic E-state index is 0.611. The Morgan fingerprint density at radius 3 is 2.61 bits per heavy atom. The summed E-state index contributed by atoms with van der Waals surface area (Å²) < 4.78 is 0. The van der Waals surface area contributed by atoms with E-state index in [-0.39, 0.29) is 0 Å². The van der Waals surface area contributed by atoms with Crippen LogP contribution in [-0.4, -0.2) is 16.5 Å². The monoisotopic (exact) mass is 242 g/mol. The van der Waals surface area contributed by atoms with Gasteiger partial charge in [-0.15, -0.1) is 0 Å². The van der Waals surface area contributed by atoms with Crippen molar-refractivity contribution in [1.29, 1.82) is 0 Å². The molecular formula is C14H18N4. The van der Waals surface area contributed by atoms with Gasteiger partial charge < -0.3 is 10.6 Å². The molecule has 18 heavy (non-hydrogen) atoms. The van der Waals surface area contributed by atoms with E-state index in [0.717, 1.165) is 24.5 Å². The summed E-state index contributed by atoms with van der Waals surface area (Å²) in [6.45, 7) is 5.11. The Morgan fingerprint density at radius 1 is 1.11 bits per heavy atom. The highest BCUT2D eigenvalue weighted by molar-refractivity contribution is 5.54. The summed E-state index contributed by atoms with van der Waals surface area (Å²) in [6.07, 6.45) is 2.83. The van der Waals surface area contributed by atoms with Gasteiger partial charge in [-0.25, -0.2) is 4.98 Å². The van der Waals surface area contributed by atoms with Crippen LogP contribution in [0.4, 0.5) is 17.5 Å². The number of benzene rings is 1. The molecular weight excluding hydrogens is 224 g/mol. The fourth-order valence-electron chi connectivity index (χ4n) is 1.54. The van der Waals surface area contributed by atoms with E-state index < -0.39 is 0 Å². The van der Waals surface area contributed by atoms with Crippen LogP contribution in [0.3, 0.4) is 0 Å². The van der Waals surface area contributed by atoms with Crippen LogP contribution in [0.1, 0.15) is 18.9 Å². The standard InChI is InChI=1S/C14H18N4/c1-3-9-15-13-8-10-16-14(18-13)17-12-6-4-11(2)5-7-12/h4-8,10H,3,9H2,1-2H3,(H2,15,16,17,18). The minimum Gasteiger partial charge on any atom is -0.370 e. The fraction of sp³-hybridized carbons (Fsp3) is 0.286. The molecule has 0 saturated heterocycles. The fourth-order valence-corrected chi connectivity index (χ4v) is 1.54. The highest BCUT2D eigenvalue weighted by atomic mass is 15.1. The molecule has 0 fully saturated rings. The Bertz CT molecular complexity index is 493. The second kappa shape index (κ2) is 6.00. The van der Waals surface area contributed by atoms with Crippen LogP contribution in [0.2, 0.25) is 0 Å². The lowest BCUT2D eigenvalue weighted by Crippen LogP contribution is -2.04. The first-order chi connectivity index (χ1) is 8.78. The van der Waals surface area contributed by atoms with Gasteiger partial charge in [0.2, 0.25) is 5.95 Å². The summed E-state index contributed by atoms with van der Waals surface area (Å²) in [7, 11) is 0. The van der Waals surface area contributed by atoms with Crippen molar-refractivity contribution in [1.82, 2.24) is 9.97 Å². The summed E-state index contributed by atoms with van der Waals surface area (Å²) in [5.41, 5.74) is 2.23. The molecule has 0 radical (unpaired) electrons. The molecule has 0 saturated carbocycles. The smallest absolute Gasteiger partial charge is 0.229 e. The third kappa shape index (κ3) is 3.45. The van der Waals surface area contributed by atoms with E-state index in [4.69, 9.17) is 0 Å². The van der Waals surface area contributed by atoms with Crippen LogP contribution < -0.4 is 10.6 Å². The summed E-state index contributed by atoms with van der Waals surface area (Å²) in [5, 5.41) is 6.42. The second-order valence-corrected chi connectivity index (χ2v) is 4.18. The number of nitrogens with zero attached hydrogens (tertiary/aromatic N) is 2. The summed E-state index contributed by atoms with van der Waals surface area (Å²) >= 11 is 0. The Hall–Kier alpha value is -2.10. The van der Waals surface area contributed by atoms with Crippen molar-refractivity contribution >= 4 is 17.5 Å². The topological polar surface area (TPSA) is 49.8 Å². The maximum absolute atomic E-state index is 4.39. The summed E-state index contributed by atoms with van der Waals surface area (Å²) in [4.78, 5) is 8.60. The molecule has 0 atom stereocenters. The molecule has 0 unspecified atom stereocenters. The SMILES string of the molecule is CCCNc1ccnc(Nc2ccc(C)cc2)n1. The number of anilines is 3. The van der Waals surface area contributed by atoms with Crippen LogP contribution in [-0.2, 0) is 0 Å². The molecule has 2 aromatic rings. The molecule has 2 rings (SSSR count). The minimum atomic E-state index is 0.611. The number of aryl methyl sites for hydroxylation is 1. The molecule has 2 N–H and O–H groups in total. The summed E-state index contributed by atoms with van der Waals surface area (Å²) in [5.74, 6) is 1.46. The molecule has 4 nitrogen and oxygen atoms in total. The number of aromatic nitrogens is 2. The van der Waals surface area contributed by atoms with Crippen molar-refractivity contribution in [3.63, 3.8) is 0 Å². The van der Waals surface area contributed by atoms with Crippen LogP contribution in [0.15, 0.2) is 36.5 Å². The van der Waals surface area contributed by atoms with Crippen molar-refractivity contribution in [3.8, 4) is 0 Å². The predicted octanol–water partition coefficient (Wildman–Crippen LogP) is 3.35. The number of hydrogen-bond donors (Lipinski definition) is 2. The van der Waals surface area contributed by atoms with Gasteiger partial charge in [-0.1, -0.05) is 24.6 Å². The van der Waals surface area contributed by atoms with Gasteiger partial charge in [0.15, 0.2) is 0 Å². The zero-order valence-electron chi connectivity index (χ0n) is 10.8. The molecule has 1 heterocycles. The van der Waals surface area contributed by atoms with E-state index in [1.807, 2.05) is 18.2 Å². The van der Waals surface area contributed by atoms with Crippen molar-refractivity contribution in [2.45, 2.75) is 20.3 Å². The van der Waals surface area contributed by atoms with Crippen molar-refractivity contribution in [2.75, 3.05) is 17.2 Å². The van der Waals surface area contributed by atoms with Gasteiger partial charge in [0.1, 0.15) is 5.82 Å². The molecule has 1 aromatic carbocycles. The van der Waals surface area contributed by atoms with Crippen LogP contribution in [0.5, 0.6) is 0 Å². The van der Waals surface area contributed by atoms with E-state index in [2.05, 4.69) is 46.6 Å².